The van der Waals surface area contributed by atoms with Crippen LogP contribution in [0, 0.1) is 0 Å². The van der Waals surface area contributed by atoms with Crippen LogP contribution in [0.5, 0.6) is 11.5 Å². The summed E-state index contributed by atoms with van der Waals surface area (Å²) in [5.41, 5.74) is -10.9. The van der Waals surface area contributed by atoms with Gasteiger partial charge in [0.05, 0.1) is 57.7 Å². The van der Waals surface area contributed by atoms with Gasteiger partial charge in [0.1, 0.15) is 11.5 Å². The van der Waals surface area contributed by atoms with Crippen molar-refractivity contribution in [3.05, 3.63) is 128 Å². The summed E-state index contributed by atoms with van der Waals surface area (Å²) in [6, 6.07) is 5.68. The van der Waals surface area contributed by atoms with E-state index in [1.807, 2.05) is 0 Å². The Morgan fingerprint density at radius 1 is 0.556 bits per heavy atom. The largest absolute Gasteiger partial charge is 1.00 e. The van der Waals surface area contributed by atoms with Crippen LogP contribution >= 0.6 is 11.6 Å². The monoisotopic (exact) mass is 1110 g/mol. The standard InChI is InChI=1S/C19H13F9O3.C9H6F6O.C8H3ClF6.C4H8O.CH3O.2CH4.Na/c1-2-30-16(29)15(10-4-3-5-11(8-10)17(20,21)22)31-14-7-6-12(18(23,24)25)9-13(14)19(26,27)28;1-16-7-3-2-5(8(10,11)12)4-6(7)9(13,14)15;9-6-2-1-4(7(10,11)12)3-5(6)8(13,14)15;1-2-4-5-3-1;1-2;;;/h3-9,15H,2H2,1H3;2-4H,1H3;1-3H;1-4H2;1H3;2*1H4;/q;;;;-1;;;+1. The fourth-order valence-electron chi connectivity index (χ4n) is 5.04. The molecule has 0 aromatic heterocycles. The second-order valence-electron chi connectivity index (χ2n) is 13.0. The molecule has 72 heavy (non-hydrogen) atoms. The van der Waals surface area contributed by atoms with Crippen molar-refractivity contribution in [2.24, 2.45) is 0 Å². The molecule has 1 aliphatic heterocycles. The summed E-state index contributed by atoms with van der Waals surface area (Å²) < 4.78 is 283. The molecule has 1 aliphatic rings. The molecule has 6 nitrogen and oxygen atoms in total. The number of benzene rings is 4. The van der Waals surface area contributed by atoms with Crippen molar-refractivity contribution < 1.29 is 151 Å². The van der Waals surface area contributed by atoms with Crippen molar-refractivity contribution in [3.8, 4) is 11.5 Å². The first-order valence-corrected chi connectivity index (χ1v) is 18.8. The van der Waals surface area contributed by atoms with E-state index in [9.17, 15) is 97.0 Å². The minimum absolute atomic E-state index is 0. The summed E-state index contributed by atoms with van der Waals surface area (Å²) in [5, 5.41) is 7.50. The summed E-state index contributed by atoms with van der Waals surface area (Å²) in [7, 11) is 1.71. The van der Waals surface area contributed by atoms with Gasteiger partial charge in [-0.1, -0.05) is 38.6 Å². The Labute approximate surface area is 424 Å². The van der Waals surface area contributed by atoms with Crippen LogP contribution in [-0.2, 0) is 57.5 Å². The van der Waals surface area contributed by atoms with E-state index in [1.165, 1.54) is 19.8 Å². The van der Waals surface area contributed by atoms with Gasteiger partial charge >= 0.3 is 78.8 Å². The summed E-state index contributed by atoms with van der Waals surface area (Å²) >= 11 is 5.14. The number of carbonyl (C=O) groups is 1. The maximum Gasteiger partial charge on any atom is 1.00 e. The van der Waals surface area contributed by atoms with Crippen LogP contribution in [-0.4, -0.2) is 40.0 Å². The fraction of sp³-hybridized carbons (Fsp3) is 0.419. The minimum atomic E-state index is -5.32. The van der Waals surface area contributed by atoms with Crippen molar-refractivity contribution in [3.63, 3.8) is 0 Å². The molecule has 1 saturated heterocycles. The molecule has 404 valence electrons. The van der Waals surface area contributed by atoms with E-state index in [2.05, 4.69) is 9.47 Å². The number of alkyl halides is 21. The number of hydrogen-bond acceptors (Lipinski definition) is 6. The molecule has 0 aliphatic carbocycles. The molecular weight excluding hydrogens is 1070 g/mol. The molecule has 29 heteroatoms. The van der Waals surface area contributed by atoms with Gasteiger partial charge in [-0.05, 0) is 86.5 Å². The van der Waals surface area contributed by atoms with E-state index in [-0.39, 0.29) is 69.2 Å². The third-order valence-electron chi connectivity index (χ3n) is 8.13. The predicted octanol–water partition coefficient (Wildman–Crippen LogP) is 12.6. The molecular formula is C43H41ClF21NaO6. The summed E-state index contributed by atoms with van der Waals surface area (Å²) in [6.45, 7) is 3.05. The van der Waals surface area contributed by atoms with Crippen LogP contribution in [0.15, 0.2) is 78.9 Å². The Morgan fingerprint density at radius 3 is 1.26 bits per heavy atom. The van der Waals surface area contributed by atoms with Crippen molar-refractivity contribution in [1.29, 1.82) is 0 Å². The quantitative estimate of drug-likeness (QED) is 0.109. The number of rotatable bonds is 6. The first-order valence-electron chi connectivity index (χ1n) is 18.5. The zero-order valence-corrected chi connectivity index (χ0v) is 38.6. The molecule has 0 N–H and O–H groups in total. The molecule has 4 aromatic carbocycles. The molecule has 1 atom stereocenters. The zero-order valence-electron chi connectivity index (χ0n) is 35.9. The topological polar surface area (TPSA) is 77.1 Å². The van der Waals surface area contributed by atoms with Crippen LogP contribution < -0.4 is 44.1 Å². The SMILES string of the molecule is C.C.C1CCOC1.CCOC(=O)C(Oc1ccc(C(F)(F)F)cc1C(F)(F)F)c1cccc(C(F)(F)F)c1.COc1ccc(C(F)(F)F)cc1C(F)(F)F.C[O-].FC(F)(F)c1ccc(Cl)c(C(F)(F)F)c1.[Na+]. The Kier molecular flexibility index (Phi) is 29.5. The molecule has 0 amide bonds. The average Bonchev–Trinajstić information content (AvgIpc) is 3.82. The Balaban J connectivity index is -0.000000979. The van der Waals surface area contributed by atoms with Gasteiger partial charge in [-0.25, -0.2) is 4.79 Å². The number of halogens is 22. The van der Waals surface area contributed by atoms with Gasteiger partial charge < -0.3 is 24.1 Å². The number of hydrogen-bond donors (Lipinski definition) is 0. The predicted molar refractivity (Wildman–Crippen MR) is 212 cm³/mol. The number of methoxy groups -OCH3 is 1. The van der Waals surface area contributed by atoms with Crippen LogP contribution in [0.4, 0.5) is 92.2 Å². The maximum atomic E-state index is 13.3. The first kappa shape index (κ1) is 71.9. The van der Waals surface area contributed by atoms with Gasteiger partial charge in [0.2, 0.25) is 6.10 Å². The summed E-state index contributed by atoms with van der Waals surface area (Å²) in [5.74, 6) is -3.15. The fourth-order valence-corrected chi connectivity index (χ4v) is 5.27. The van der Waals surface area contributed by atoms with E-state index in [0.29, 0.717) is 48.5 Å². The third kappa shape index (κ3) is 23.3. The molecule has 0 radical (unpaired) electrons. The van der Waals surface area contributed by atoms with Crippen LogP contribution in [0.25, 0.3) is 0 Å². The van der Waals surface area contributed by atoms with Crippen LogP contribution in [0.2, 0.25) is 5.02 Å². The Hall–Kier alpha value is -4.31. The van der Waals surface area contributed by atoms with Crippen molar-refractivity contribution in [2.45, 2.75) is 84.0 Å². The second kappa shape index (κ2) is 29.5. The van der Waals surface area contributed by atoms with E-state index >= 15 is 0 Å². The molecule has 0 bridgehead atoms. The molecule has 1 fully saturated rings. The minimum Gasteiger partial charge on any atom is -0.857 e. The average molecular weight is 1110 g/mol. The molecule has 1 unspecified atom stereocenters. The van der Waals surface area contributed by atoms with Crippen molar-refractivity contribution in [1.82, 2.24) is 0 Å². The summed E-state index contributed by atoms with van der Waals surface area (Å²) in [6.07, 6.45) is -34.2. The van der Waals surface area contributed by atoms with Gasteiger partial charge in [-0.15, -0.1) is 0 Å². The van der Waals surface area contributed by atoms with Gasteiger partial charge in [-0.3, -0.25) is 0 Å². The van der Waals surface area contributed by atoms with Crippen LogP contribution in [0.1, 0.15) is 85.2 Å². The number of ether oxygens (including phenoxy) is 4. The second-order valence-corrected chi connectivity index (χ2v) is 13.4. The van der Waals surface area contributed by atoms with Crippen LogP contribution in [0.3, 0.4) is 0 Å². The van der Waals surface area contributed by atoms with E-state index in [1.54, 1.807) is 0 Å². The number of esters is 1. The molecule has 0 saturated carbocycles. The summed E-state index contributed by atoms with van der Waals surface area (Å²) in [4.78, 5) is 12.2. The van der Waals surface area contributed by atoms with Gasteiger partial charge in [0.25, 0.3) is 0 Å². The smallest absolute Gasteiger partial charge is 0.857 e. The van der Waals surface area contributed by atoms with Gasteiger partial charge in [0.15, 0.2) is 0 Å². The maximum absolute atomic E-state index is 13.3. The molecule has 5 rings (SSSR count). The van der Waals surface area contributed by atoms with Gasteiger partial charge in [0, 0.05) is 18.8 Å². The van der Waals surface area contributed by atoms with E-state index in [0.717, 1.165) is 39.6 Å². The Morgan fingerprint density at radius 2 is 0.917 bits per heavy atom. The van der Waals surface area contributed by atoms with Crippen molar-refractivity contribution in [2.75, 3.05) is 34.0 Å². The van der Waals surface area contributed by atoms with Gasteiger partial charge in [-0.2, -0.15) is 99.3 Å². The Bertz CT molecular complexity index is 2220. The molecule has 1 heterocycles. The normalized spacial score (nSPS) is 13.1. The number of carbonyl (C=O) groups excluding carboxylic acids is 1. The first-order chi connectivity index (χ1) is 31.4. The van der Waals surface area contributed by atoms with E-state index < -0.39 is 116 Å². The zero-order chi connectivity index (χ0) is 53.6. The van der Waals surface area contributed by atoms with Crippen molar-refractivity contribution >= 4 is 17.6 Å². The molecule has 4 aromatic rings. The van der Waals surface area contributed by atoms with E-state index in [4.69, 9.17) is 26.2 Å². The molecule has 0 spiro atoms. The third-order valence-corrected chi connectivity index (χ3v) is 8.46.